The van der Waals surface area contributed by atoms with E-state index < -0.39 is 5.97 Å². The Bertz CT molecular complexity index is 953. The number of hydrogen-bond acceptors (Lipinski definition) is 3. The number of methoxy groups -OCH3 is 1. The molecule has 0 aliphatic carbocycles. The molecule has 0 aliphatic rings. The summed E-state index contributed by atoms with van der Waals surface area (Å²) < 4.78 is 10.9. The fourth-order valence-corrected chi connectivity index (χ4v) is 2.93. The average Bonchev–Trinajstić information content (AvgIpc) is 2.90. The zero-order chi connectivity index (χ0) is 17.3. The van der Waals surface area contributed by atoms with Gasteiger partial charge in [-0.2, -0.15) is 0 Å². The molecule has 5 heteroatoms. The van der Waals surface area contributed by atoms with E-state index in [0.717, 1.165) is 16.5 Å². The summed E-state index contributed by atoms with van der Waals surface area (Å²) >= 11 is 6.28. The molecular formula is C19H15ClO4. The summed E-state index contributed by atoms with van der Waals surface area (Å²) in [6.07, 6.45) is 1.20. The lowest BCUT2D eigenvalue weighted by Crippen LogP contribution is -2.00. The van der Waals surface area contributed by atoms with Gasteiger partial charge in [-0.3, -0.25) is 0 Å². The summed E-state index contributed by atoms with van der Waals surface area (Å²) in [7, 11) is 1.41. The molecule has 2 aromatic carbocycles. The Hall–Kier alpha value is -2.72. The smallest absolute Gasteiger partial charge is 0.339 e. The Balaban J connectivity index is 2.30. The second kappa shape index (κ2) is 6.42. The van der Waals surface area contributed by atoms with E-state index >= 15 is 0 Å². The van der Waals surface area contributed by atoms with E-state index in [1.165, 1.54) is 13.4 Å². The van der Waals surface area contributed by atoms with Crippen LogP contribution in [0.4, 0.5) is 0 Å². The van der Waals surface area contributed by atoms with Crippen LogP contribution in [0.5, 0.6) is 0 Å². The second-order valence-electron chi connectivity index (χ2n) is 5.29. The highest BCUT2D eigenvalue weighted by Crippen LogP contribution is 2.39. The standard InChI is InChI=1S/C19H15ClO4/c1-11-12-7-5-8-13(15(10-23-2)19(21)22)18(12)24-17(11)14-6-3-4-9-16(14)20/h3-10H,1-2H3,(H,21,22). The van der Waals surface area contributed by atoms with Crippen molar-refractivity contribution in [3.63, 3.8) is 0 Å². The Morgan fingerprint density at radius 3 is 2.62 bits per heavy atom. The first-order chi connectivity index (χ1) is 11.5. The maximum absolute atomic E-state index is 11.5. The van der Waals surface area contributed by atoms with Gasteiger partial charge < -0.3 is 14.3 Å². The summed E-state index contributed by atoms with van der Waals surface area (Å²) in [6, 6.07) is 12.8. The van der Waals surface area contributed by atoms with Gasteiger partial charge in [-0.05, 0) is 19.1 Å². The summed E-state index contributed by atoms with van der Waals surface area (Å²) in [4.78, 5) is 11.5. The van der Waals surface area contributed by atoms with Gasteiger partial charge in [-0.1, -0.05) is 41.9 Å². The lowest BCUT2D eigenvalue weighted by molar-refractivity contribution is -0.130. The van der Waals surface area contributed by atoms with E-state index in [-0.39, 0.29) is 5.57 Å². The molecule has 1 aromatic heterocycles. The topological polar surface area (TPSA) is 59.7 Å². The third-order valence-corrected chi connectivity index (χ3v) is 4.17. The van der Waals surface area contributed by atoms with Crippen molar-refractivity contribution in [3.8, 4) is 11.3 Å². The Morgan fingerprint density at radius 2 is 1.96 bits per heavy atom. The molecule has 0 unspecified atom stereocenters. The van der Waals surface area contributed by atoms with Crippen LogP contribution >= 0.6 is 11.6 Å². The first-order valence-corrected chi connectivity index (χ1v) is 7.66. The van der Waals surface area contributed by atoms with Crippen LogP contribution in [0.15, 0.2) is 53.1 Å². The molecule has 24 heavy (non-hydrogen) atoms. The first-order valence-electron chi connectivity index (χ1n) is 7.28. The molecule has 0 saturated carbocycles. The van der Waals surface area contributed by atoms with Crippen molar-refractivity contribution in [1.29, 1.82) is 0 Å². The monoisotopic (exact) mass is 342 g/mol. The summed E-state index contributed by atoms with van der Waals surface area (Å²) in [5.74, 6) is -0.456. The lowest BCUT2D eigenvalue weighted by atomic mass is 10.0. The molecule has 0 aliphatic heterocycles. The number of ether oxygens (including phenoxy) is 1. The number of aliphatic carboxylic acids is 1. The van der Waals surface area contributed by atoms with Crippen molar-refractivity contribution in [2.24, 2.45) is 0 Å². The van der Waals surface area contributed by atoms with Gasteiger partial charge in [0.2, 0.25) is 0 Å². The number of halogens is 1. The van der Waals surface area contributed by atoms with Crippen LogP contribution in [0, 0.1) is 6.92 Å². The molecule has 1 heterocycles. The summed E-state index contributed by atoms with van der Waals surface area (Å²) in [5.41, 5.74) is 2.66. The van der Waals surface area contributed by atoms with Gasteiger partial charge in [-0.25, -0.2) is 4.79 Å². The number of hydrogen-bond donors (Lipinski definition) is 1. The number of furan rings is 1. The highest BCUT2D eigenvalue weighted by Gasteiger charge is 2.21. The minimum absolute atomic E-state index is 0.0301. The number of fused-ring (bicyclic) bond motifs is 1. The molecule has 4 nitrogen and oxygen atoms in total. The number of benzene rings is 2. The largest absolute Gasteiger partial charge is 0.503 e. The van der Waals surface area contributed by atoms with Crippen LogP contribution in [0.1, 0.15) is 11.1 Å². The van der Waals surface area contributed by atoms with Gasteiger partial charge in [0.05, 0.1) is 18.4 Å². The lowest BCUT2D eigenvalue weighted by Gasteiger charge is -2.03. The number of aryl methyl sites for hydroxylation is 1. The minimum atomic E-state index is -1.09. The van der Waals surface area contributed by atoms with Gasteiger partial charge in [0.15, 0.2) is 0 Å². The van der Waals surface area contributed by atoms with Crippen LogP contribution < -0.4 is 0 Å². The number of carboxylic acid groups (broad SMARTS) is 1. The first kappa shape index (κ1) is 16.1. The number of carboxylic acids is 1. The van der Waals surface area contributed by atoms with Crippen molar-refractivity contribution in [3.05, 3.63) is 64.9 Å². The highest BCUT2D eigenvalue weighted by molar-refractivity contribution is 6.33. The fourth-order valence-electron chi connectivity index (χ4n) is 2.70. The molecular weight excluding hydrogens is 328 g/mol. The van der Waals surface area contributed by atoms with Crippen molar-refractivity contribution in [2.45, 2.75) is 6.92 Å². The second-order valence-corrected chi connectivity index (χ2v) is 5.70. The summed E-state index contributed by atoms with van der Waals surface area (Å²) in [6.45, 7) is 1.93. The number of carbonyl (C=O) groups is 1. The molecule has 0 bridgehead atoms. The van der Waals surface area contributed by atoms with Crippen LogP contribution in [0.3, 0.4) is 0 Å². The van der Waals surface area contributed by atoms with Crippen molar-refractivity contribution >= 4 is 34.1 Å². The van der Waals surface area contributed by atoms with E-state index in [9.17, 15) is 9.90 Å². The predicted octanol–water partition coefficient (Wildman–Crippen LogP) is 5.13. The maximum atomic E-state index is 11.5. The van der Waals surface area contributed by atoms with Gasteiger partial charge in [0, 0.05) is 22.1 Å². The maximum Gasteiger partial charge on any atom is 0.339 e. The van der Waals surface area contributed by atoms with Crippen molar-refractivity contribution in [2.75, 3.05) is 7.11 Å². The predicted molar refractivity (Wildman–Crippen MR) is 94.0 cm³/mol. The zero-order valence-electron chi connectivity index (χ0n) is 13.2. The molecule has 0 spiro atoms. The fraction of sp³-hybridized carbons (Fsp3) is 0.105. The Kier molecular flexibility index (Phi) is 4.32. The molecule has 122 valence electrons. The molecule has 0 atom stereocenters. The van der Waals surface area contributed by atoms with Gasteiger partial charge >= 0.3 is 5.97 Å². The molecule has 1 N–H and O–H groups in total. The van der Waals surface area contributed by atoms with Crippen LogP contribution in [-0.4, -0.2) is 18.2 Å². The minimum Gasteiger partial charge on any atom is -0.503 e. The normalized spacial score (nSPS) is 11.7. The van der Waals surface area contributed by atoms with Crippen molar-refractivity contribution < 1.29 is 19.1 Å². The van der Waals surface area contributed by atoms with E-state index in [0.29, 0.717) is 21.9 Å². The Morgan fingerprint density at radius 1 is 1.21 bits per heavy atom. The highest BCUT2D eigenvalue weighted by atomic mass is 35.5. The van der Waals surface area contributed by atoms with Gasteiger partial charge in [0.1, 0.15) is 16.9 Å². The molecule has 0 fully saturated rings. The molecule has 0 saturated heterocycles. The van der Waals surface area contributed by atoms with E-state index in [2.05, 4.69) is 0 Å². The average molecular weight is 343 g/mol. The third-order valence-electron chi connectivity index (χ3n) is 3.84. The third kappa shape index (κ3) is 2.65. The molecule has 3 aromatic rings. The van der Waals surface area contributed by atoms with Crippen LogP contribution in [0.2, 0.25) is 5.02 Å². The van der Waals surface area contributed by atoms with E-state index in [1.54, 1.807) is 18.2 Å². The van der Waals surface area contributed by atoms with Crippen LogP contribution in [-0.2, 0) is 9.53 Å². The Labute approximate surface area is 143 Å². The van der Waals surface area contributed by atoms with Crippen molar-refractivity contribution in [1.82, 2.24) is 0 Å². The summed E-state index contributed by atoms with van der Waals surface area (Å²) in [5, 5.41) is 10.9. The van der Waals surface area contributed by atoms with Gasteiger partial charge in [0.25, 0.3) is 0 Å². The molecule has 3 rings (SSSR count). The van der Waals surface area contributed by atoms with Crippen LogP contribution in [0.25, 0.3) is 27.9 Å². The molecule has 0 amide bonds. The molecule has 0 radical (unpaired) electrons. The number of rotatable bonds is 4. The zero-order valence-corrected chi connectivity index (χ0v) is 13.9. The van der Waals surface area contributed by atoms with E-state index in [1.807, 2.05) is 31.2 Å². The van der Waals surface area contributed by atoms with E-state index in [4.69, 9.17) is 20.8 Å². The SMILES string of the molecule is COC=C(C(=O)O)c1cccc2c(C)c(-c3ccccc3Cl)oc12. The van der Waals surface area contributed by atoms with Gasteiger partial charge in [-0.15, -0.1) is 0 Å². The number of para-hydroxylation sites is 1. The quantitative estimate of drug-likeness (QED) is 0.527.